The summed E-state index contributed by atoms with van der Waals surface area (Å²) in [6, 6.07) is 0. The van der Waals surface area contributed by atoms with Gasteiger partial charge in [0.2, 0.25) is 5.91 Å². The van der Waals surface area contributed by atoms with Crippen LogP contribution < -0.4 is 5.32 Å². The van der Waals surface area contributed by atoms with Gasteiger partial charge in [0.05, 0.1) is 5.92 Å². The second-order valence-electron chi connectivity index (χ2n) is 4.93. The SMILES string of the molecule is CS(=O)(=O)CC(=O)NCC1CCC(C(=O)O)CC1. The first-order valence-electron chi connectivity index (χ1n) is 5.95. The zero-order valence-electron chi connectivity index (χ0n) is 10.4. The molecule has 0 aromatic rings. The van der Waals surface area contributed by atoms with E-state index in [1.807, 2.05) is 0 Å². The maximum absolute atomic E-state index is 11.3. The summed E-state index contributed by atoms with van der Waals surface area (Å²) < 4.78 is 21.8. The highest BCUT2D eigenvalue weighted by atomic mass is 32.2. The normalized spacial score (nSPS) is 24.5. The van der Waals surface area contributed by atoms with Crippen LogP contribution >= 0.6 is 0 Å². The molecule has 0 bridgehead atoms. The maximum atomic E-state index is 11.3. The van der Waals surface area contributed by atoms with E-state index in [9.17, 15) is 18.0 Å². The van der Waals surface area contributed by atoms with E-state index in [-0.39, 0.29) is 11.8 Å². The molecule has 18 heavy (non-hydrogen) atoms. The number of carboxylic acid groups (broad SMARTS) is 1. The van der Waals surface area contributed by atoms with E-state index < -0.39 is 27.5 Å². The molecule has 1 rings (SSSR count). The fraction of sp³-hybridized carbons (Fsp3) is 0.818. The fourth-order valence-corrected chi connectivity index (χ4v) is 2.74. The Morgan fingerprint density at radius 1 is 1.22 bits per heavy atom. The molecular formula is C11H19NO5S. The van der Waals surface area contributed by atoms with E-state index in [1.54, 1.807) is 0 Å². The van der Waals surface area contributed by atoms with Gasteiger partial charge in [0.25, 0.3) is 0 Å². The number of carbonyl (C=O) groups is 2. The van der Waals surface area contributed by atoms with Crippen molar-refractivity contribution < 1.29 is 23.1 Å². The fourth-order valence-electron chi connectivity index (χ4n) is 2.16. The predicted octanol–water partition coefficient (Wildman–Crippen LogP) is 0.0382. The number of aliphatic carboxylic acids is 1. The molecule has 2 N–H and O–H groups in total. The molecule has 1 fully saturated rings. The molecule has 1 aliphatic rings. The van der Waals surface area contributed by atoms with Gasteiger partial charge in [0.1, 0.15) is 5.75 Å². The van der Waals surface area contributed by atoms with Crippen molar-refractivity contribution in [2.75, 3.05) is 18.6 Å². The average Bonchev–Trinajstić information content (AvgIpc) is 2.24. The van der Waals surface area contributed by atoms with Crippen molar-refractivity contribution in [3.05, 3.63) is 0 Å². The van der Waals surface area contributed by atoms with Crippen LogP contribution in [0.25, 0.3) is 0 Å². The number of hydrogen-bond donors (Lipinski definition) is 2. The van der Waals surface area contributed by atoms with Crippen LogP contribution in [-0.4, -0.2) is 44.0 Å². The van der Waals surface area contributed by atoms with Gasteiger partial charge in [-0.1, -0.05) is 0 Å². The van der Waals surface area contributed by atoms with E-state index in [0.29, 0.717) is 19.4 Å². The minimum Gasteiger partial charge on any atom is -0.481 e. The summed E-state index contributed by atoms with van der Waals surface area (Å²) in [6.07, 6.45) is 3.79. The average molecular weight is 277 g/mol. The number of rotatable bonds is 5. The number of amides is 1. The number of hydrogen-bond acceptors (Lipinski definition) is 4. The maximum Gasteiger partial charge on any atom is 0.306 e. The van der Waals surface area contributed by atoms with Gasteiger partial charge in [-0.15, -0.1) is 0 Å². The summed E-state index contributed by atoms with van der Waals surface area (Å²) in [5.74, 6) is -1.75. The number of carbonyl (C=O) groups excluding carboxylic acids is 1. The highest BCUT2D eigenvalue weighted by molar-refractivity contribution is 7.91. The molecule has 0 aliphatic heterocycles. The van der Waals surface area contributed by atoms with Crippen molar-refractivity contribution in [2.45, 2.75) is 25.7 Å². The third-order valence-corrected chi connectivity index (χ3v) is 3.96. The zero-order valence-corrected chi connectivity index (χ0v) is 11.2. The van der Waals surface area contributed by atoms with Crippen molar-refractivity contribution in [2.24, 2.45) is 11.8 Å². The second-order valence-corrected chi connectivity index (χ2v) is 7.07. The van der Waals surface area contributed by atoms with Gasteiger partial charge >= 0.3 is 5.97 Å². The summed E-state index contributed by atoms with van der Waals surface area (Å²) >= 11 is 0. The lowest BCUT2D eigenvalue weighted by Gasteiger charge is -2.26. The Balaban J connectivity index is 2.26. The van der Waals surface area contributed by atoms with E-state index >= 15 is 0 Å². The molecular weight excluding hydrogens is 258 g/mol. The van der Waals surface area contributed by atoms with Crippen LogP contribution in [-0.2, 0) is 19.4 Å². The number of nitrogens with one attached hydrogen (secondary N) is 1. The number of carboxylic acids is 1. The molecule has 1 amide bonds. The van der Waals surface area contributed by atoms with Gasteiger partial charge in [0, 0.05) is 12.8 Å². The van der Waals surface area contributed by atoms with Crippen molar-refractivity contribution in [3.63, 3.8) is 0 Å². The van der Waals surface area contributed by atoms with Gasteiger partial charge in [-0.3, -0.25) is 9.59 Å². The Labute approximate surface area is 107 Å². The summed E-state index contributed by atoms with van der Waals surface area (Å²) in [6.45, 7) is 0.431. The predicted molar refractivity (Wildman–Crippen MR) is 65.8 cm³/mol. The summed E-state index contributed by atoms with van der Waals surface area (Å²) in [7, 11) is -3.29. The van der Waals surface area contributed by atoms with Gasteiger partial charge < -0.3 is 10.4 Å². The second kappa shape index (κ2) is 6.17. The topological polar surface area (TPSA) is 101 Å². The van der Waals surface area contributed by atoms with Gasteiger partial charge in [0.15, 0.2) is 9.84 Å². The van der Waals surface area contributed by atoms with Crippen LogP contribution in [0.4, 0.5) is 0 Å². The van der Waals surface area contributed by atoms with Crippen LogP contribution in [0.5, 0.6) is 0 Å². The summed E-state index contributed by atoms with van der Waals surface area (Å²) in [5.41, 5.74) is 0. The molecule has 6 nitrogen and oxygen atoms in total. The van der Waals surface area contributed by atoms with Crippen LogP contribution in [0.2, 0.25) is 0 Å². The lowest BCUT2D eigenvalue weighted by molar-refractivity contribution is -0.143. The van der Waals surface area contributed by atoms with Crippen molar-refractivity contribution in [1.29, 1.82) is 0 Å². The van der Waals surface area contributed by atoms with Crippen molar-refractivity contribution in [3.8, 4) is 0 Å². The molecule has 1 saturated carbocycles. The highest BCUT2D eigenvalue weighted by Crippen LogP contribution is 2.28. The van der Waals surface area contributed by atoms with Crippen LogP contribution in [0.15, 0.2) is 0 Å². The first kappa shape index (κ1) is 14.9. The Morgan fingerprint density at radius 2 is 1.78 bits per heavy atom. The third kappa shape index (κ3) is 5.48. The summed E-state index contributed by atoms with van der Waals surface area (Å²) in [4.78, 5) is 22.0. The molecule has 0 heterocycles. The minimum absolute atomic E-state index is 0.254. The third-order valence-electron chi connectivity index (χ3n) is 3.18. The lowest BCUT2D eigenvalue weighted by atomic mass is 9.82. The number of sulfone groups is 1. The molecule has 104 valence electrons. The Bertz CT molecular complexity index is 409. The van der Waals surface area contributed by atoms with Crippen LogP contribution in [0, 0.1) is 11.8 Å². The van der Waals surface area contributed by atoms with E-state index in [1.165, 1.54) is 0 Å². The van der Waals surface area contributed by atoms with Crippen LogP contribution in [0.1, 0.15) is 25.7 Å². The summed E-state index contributed by atoms with van der Waals surface area (Å²) in [5, 5.41) is 11.4. The first-order chi connectivity index (χ1) is 8.28. The van der Waals surface area contributed by atoms with Crippen molar-refractivity contribution in [1.82, 2.24) is 5.32 Å². The zero-order chi connectivity index (χ0) is 13.8. The van der Waals surface area contributed by atoms with Gasteiger partial charge in [-0.2, -0.15) is 0 Å². The molecule has 0 atom stereocenters. The Kier molecular flexibility index (Phi) is 5.13. The molecule has 0 saturated heterocycles. The largest absolute Gasteiger partial charge is 0.481 e. The first-order valence-corrected chi connectivity index (χ1v) is 8.01. The quantitative estimate of drug-likeness (QED) is 0.739. The Morgan fingerprint density at radius 3 is 2.22 bits per heavy atom. The standard InChI is InChI=1S/C11H19NO5S/c1-18(16,17)7-10(13)12-6-8-2-4-9(5-3-8)11(14)15/h8-9H,2-7H2,1H3,(H,12,13)(H,14,15). The van der Waals surface area contributed by atoms with E-state index in [2.05, 4.69) is 5.32 Å². The molecule has 0 aromatic heterocycles. The monoisotopic (exact) mass is 277 g/mol. The van der Waals surface area contributed by atoms with E-state index in [4.69, 9.17) is 5.11 Å². The Hall–Kier alpha value is -1.11. The molecule has 0 unspecified atom stereocenters. The minimum atomic E-state index is -3.29. The highest BCUT2D eigenvalue weighted by Gasteiger charge is 2.26. The molecule has 0 radical (unpaired) electrons. The molecule has 0 aromatic carbocycles. The van der Waals surface area contributed by atoms with Gasteiger partial charge in [-0.05, 0) is 31.6 Å². The molecule has 1 aliphatic carbocycles. The molecule has 0 spiro atoms. The smallest absolute Gasteiger partial charge is 0.306 e. The van der Waals surface area contributed by atoms with Gasteiger partial charge in [-0.25, -0.2) is 8.42 Å². The van der Waals surface area contributed by atoms with Crippen LogP contribution in [0.3, 0.4) is 0 Å². The lowest BCUT2D eigenvalue weighted by Crippen LogP contribution is -2.35. The van der Waals surface area contributed by atoms with E-state index in [0.717, 1.165) is 19.1 Å². The van der Waals surface area contributed by atoms with Crippen molar-refractivity contribution >= 4 is 21.7 Å². The molecule has 7 heteroatoms.